The SMILES string of the molecule is COc1ccc(S(=O)(=O)N2CC[NH+](C)CC2)cc1NC(=O)CCn1cnc2c(C)cccc2c1=O. The van der Waals surface area contributed by atoms with E-state index in [-0.39, 0.29) is 35.0 Å². The molecule has 186 valence electrons. The second-order valence-electron chi connectivity index (χ2n) is 8.74. The second-order valence-corrected chi connectivity index (χ2v) is 10.7. The van der Waals surface area contributed by atoms with Crippen molar-refractivity contribution in [2.75, 3.05) is 45.7 Å². The molecule has 4 rings (SSSR count). The summed E-state index contributed by atoms with van der Waals surface area (Å²) in [5, 5.41) is 3.23. The predicted molar refractivity (Wildman–Crippen MR) is 132 cm³/mol. The minimum Gasteiger partial charge on any atom is -0.495 e. The molecule has 1 amide bonds. The van der Waals surface area contributed by atoms with Gasteiger partial charge in [-0.2, -0.15) is 4.31 Å². The molecule has 2 N–H and O–H groups in total. The number of carbonyl (C=O) groups excluding carboxylic acids is 1. The molecule has 1 aromatic heterocycles. The number of aromatic nitrogens is 2. The Labute approximate surface area is 204 Å². The Morgan fingerprint density at radius 3 is 2.66 bits per heavy atom. The fourth-order valence-electron chi connectivity index (χ4n) is 4.13. The Morgan fingerprint density at radius 2 is 1.94 bits per heavy atom. The third-order valence-corrected chi connectivity index (χ3v) is 8.19. The van der Waals surface area contributed by atoms with Crippen LogP contribution in [-0.2, 0) is 21.4 Å². The topological polar surface area (TPSA) is 115 Å². The van der Waals surface area contributed by atoms with Crippen LogP contribution in [-0.4, -0.2) is 68.5 Å². The number of para-hydroxylation sites is 1. The van der Waals surface area contributed by atoms with Gasteiger partial charge < -0.3 is 15.0 Å². The lowest BCUT2D eigenvalue weighted by Crippen LogP contribution is -3.12. The molecule has 3 aromatic rings. The van der Waals surface area contributed by atoms with Crippen molar-refractivity contribution in [1.82, 2.24) is 13.9 Å². The van der Waals surface area contributed by atoms with E-state index in [1.807, 2.05) is 20.0 Å². The molecular formula is C24H30N5O5S+. The summed E-state index contributed by atoms with van der Waals surface area (Å²) in [6.07, 6.45) is 1.44. The van der Waals surface area contributed by atoms with Crippen LogP contribution < -0.4 is 20.5 Å². The van der Waals surface area contributed by atoms with E-state index < -0.39 is 10.0 Å². The number of anilines is 1. The van der Waals surface area contributed by atoms with Gasteiger partial charge in [0, 0.05) is 13.0 Å². The molecule has 0 aliphatic carbocycles. The Kier molecular flexibility index (Phi) is 7.20. The van der Waals surface area contributed by atoms with E-state index in [1.165, 1.54) is 45.4 Å². The molecule has 1 aliphatic heterocycles. The molecule has 2 heterocycles. The van der Waals surface area contributed by atoms with Gasteiger partial charge in [0.1, 0.15) is 5.75 Å². The van der Waals surface area contributed by atoms with Gasteiger partial charge >= 0.3 is 0 Å². The number of aryl methyl sites for hydroxylation is 2. The van der Waals surface area contributed by atoms with E-state index in [4.69, 9.17) is 4.74 Å². The number of quaternary nitrogens is 1. The van der Waals surface area contributed by atoms with E-state index >= 15 is 0 Å². The number of fused-ring (bicyclic) bond motifs is 1. The average molecular weight is 501 g/mol. The monoisotopic (exact) mass is 500 g/mol. The molecule has 10 nitrogen and oxygen atoms in total. The number of hydrogen-bond donors (Lipinski definition) is 2. The van der Waals surface area contributed by atoms with Crippen LogP contribution in [0.15, 0.2) is 52.4 Å². The summed E-state index contributed by atoms with van der Waals surface area (Å²) in [5.41, 5.74) is 1.59. The predicted octanol–water partition coefficient (Wildman–Crippen LogP) is 0.261. The average Bonchev–Trinajstić information content (AvgIpc) is 2.84. The highest BCUT2D eigenvalue weighted by Gasteiger charge is 2.29. The minimum atomic E-state index is -3.69. The highest BCUT2D eigenvalue weighted by atomic mass is 32.2. The van der Waals surface area contributed by atoms with E-state index in [9.17, 15) is 18.0 Å². The molecule has 0 radical (unpaired) electrons. The summed E-state index contributed by atoms with van der Waals surface area (Å²) in [5.74, 6) is -0.0302. The highest BCUT2D eigenvalue weighted by Crippen LogP contribution is 2.29. The van der Waals surface area contributed by atoms with Gasteiger partial charge in [0.05, 0.1) is 68.1 Å². The van der Waals surface area contributed by atoms with Crippen molar-refractivity contribution in [2.45, 2.75) is 24.8 Å². The van der Waals surface area contributed by atoms with Gasteiger partial charge in [-0.05, 0) is 36.8 Å². The molecule has 1 aliphatic rings. The maximum atomic E-state index is 13.1. The van der Waals surface area contributed by atoms with Gasteiger partial charge in [0.2, 0.25) is 15.9 Å². The summed E-state index contributed by atoms with van der Waals surface area (Å²) < 4.78 is 34.4. The van der Waals surface area contributed by atoms with Gasteiger partial charge in [-0.3, -0.25) is 14.2 Å². The standard InChI is InChI=1S/C24H29N5O5S/c1-17-5-4-6-19-23(17)25-16-28(24(19)31)10-9-22(30)26-20-15-18(7-8-21(20)34-3)35(32,33)29-13-11-27(2)12-14-29/h4-8,15-16H,9-14H2,1-3H3,(H,26,30)/p+1. The van der Waals surface area contributed by atoms with E-state index in [0.717, 1.165) is 18.7 Å². The number of carbonyl (C=O) groups is 1. The van der Waals surface area contributed by atoms with E-state index in [2.05, 4.69) is 10.3 Å². The molecule has 0 atom stereocenters. The van der Waals surface area contributed by atoms with Crippen molar-refractivity contribution in [3.05, 3.63) is 58.6 Å². The number of sulfonamides is 1. The molecule has 2 aromatic carbocycles. The third-order valence-electron chi connectivity index (χ3n) is 6.29. The molecule has 0 spiro atoms. The number of amides is 1. The van der Waals surface area contributed by atoms with Crippen molar-refractivity contribution in [3.8, 4) is 5.75 Å². The number of nitrogens with one attached hydrogen (secondary N) is 2. The normalized spacial score (nSPS) is 15.3. The fraction of sp³-hybridized carbons (Fsp3) is 0.375. The van der Waals surface area contributed by atoms with Crippen LogP contribution in [0, 0.1) is 6.92 Å². The number of piperazine rings is 1. The van der Waals surface area contributed by atoms with Gasteiger partial charge in [-0.1, -0.05) is 12.1 Å². The number of methoxy groups -OCH3 is 1. The zero-order chi connectivity index (χ0) is 25.2. The highest BCUT2D eigenvalue weighted by molar-refractivity contribution is 7.89. The first-order chi connectivity index (χ1) is 16.7. The Balaban J connectivity index is 1.50. The van der Waals surface area contributed by atoms with Gasteiger partial charge in [0.25, 0.3) is 5.56 Å². The first-order valence-corrected chi connectivity index (χ1v) is 12.9. The molecule has 0 saturated carbocycles. The van der Waals surface area contributed by atoms with Gasteiger partial charge in [0.15, 0.2) is 0 Å². The number of benzene rings is 2. The molecule has 11 heteroatoms. The van der Waals surface area contributed by atoms with Crippen molar-refractivity contribution >= 4 is 32.5 Å². The van der Waals surface area contributed by atoms with Crippen LogP contribution in [0.3, 0.4) is 0 Å². The molecular weight excluding hydrogens is 470 g/mol. The zero-order valence-corrected chi connectivity index (χ0v) is 20.9. The largest absolute Gasteiger partial charge is 0.495 e. The van der Waals surface area contributed by atoms with Gasteiger partial charge in [-0.25, -0.2) is 13.4 Å². The molecule has 1 fully saturated rings. The first kappa shape index (κ1) is 24.8. The first-order valence-electron chi connectivity index (χ1n) is 11.4. The van der Waals surface area contributed by atoms with Crippen LogP contribution in [0.25, 0.3) is 10.9 Å². The van der Waals surface area contributed by atoms with E-state index in [0.29, 0.717) is 29.7 Å². The minimum absolute atomic E-state index is 0.000275. The number of rotatable bonds is 7. The maximum Gasteiger partial charge on any atom is 0.261 e. The summed E-state index contributed by atoms with van der Waals surface area (Å²) in [4.78, 5) is 31.2. The summed E-state index contributed by atoms with van der Waals surface area (Å²) in [6.45, 7) is 4.37. The maximum absolute atomic E-state index is 13.1. The lowest BCUT2D eigenvalue weighted by molar-refractivity contribution is -0.883. The van der Waals surface area contributed by atoms with Gasteiger partial charge in [-0.15, -0.1) is 0 Å². The molecule has 0 unspecified atom stereocenters. The lowest BCUT2D eigenvalue weighted by Gasteiger charge is -2.29. The molecule has 35 heavy (non-hydrogen) atoms. The molecule has 1 saturated heterocycles. The number of ether oxygens (including phenoxy) is 1. The van der Waals surface area contributed by atoms with E-state index in [1.54, 1.807) is 12.1 Å². The van der Waals surface area contributed by atoms with Crippen LogP contribution in [0.2, 0.25) is 0 Å². The van der Waals surface area contributed by atoms with Crippen LogP contribution in [0.5, 0.6) is 5.75 Å². The third kappa shape index (κ3) is 5.21. The van der Waals surface area contributed by atoms with Crippen LogP contribution >= 0.6 is 0 Å². The second kappa shape index (κ2) is 10.1. The van der Waals surface area contributed by atoms with Crippen molar-refractivity contribution in [2.24, 2.45) is 0 Å². The Hall–Kier alpha value is -3.28. The quantitative estimate of drug-likeness (QED) is 0.481. The summed E-state index contributed by atoms with van der Waals surface area (Å²) in [6, 6.07) is 9.84. The lowest BCUT2D eigenvalue weighted by atomic mass is 10.1. The van der Waals surface area contributed by atoms with Crippen molar-refractivity contribution < 1.29 is 22.8 Å². The fourth-order valence-corrected chi connectivity index (χ4v) is 5.60. The van der Waals surface area contributed by atoms with Crippen LogP contribution in [0.1, 0.15) is 12.0 Å². The van der Waals surface area contributed by atoms with Crippen LogP contribution in [0.4, 0.5) is 5.69 Å². The Morgan fingerprint density at radius 1 is 1.20 bits per heavy atom. The smallest absolute Gasteiger partial charge is 0.261 e. The number of hydrogen-bond acceptors (Lipinski definition) is 6. The molecule has 0 bridgehead atoms. The number of likely N-dealkylation sites (N-methyl/N-ethyl adjacent to an activating group) is 1. The van der Waals surface area contributed by atoms with Crippen molar-refractivity contribution in [1.29, 1.82) is 0 Å². The van der Waals surface area contributed by atoms with Crippen molar-refractivity contribution in [3.63, 3.8) is 0 Å². The Bertz CT molecular complexity index is 1410. The number of nitrogens with zero attached hydrogens (tertiary/aromatic N) is 3. The zero-order valence-electron chi connectivity index (χ0n) is 20.1. The summed E-state index contributed by atoms with van der Waals surface area (Å²) >= 11 is 0. The summed E-state index contributed by atoms with van der Waals surface area (Å²) in [7, 11) is -0.210.